The Labute approximate surface area is 199 Å². The molecule has 3 heterocycles. The van der Waals surface area contributed by atoms with Gasteiger partial charge in [-0.15, -0.1) is 0 Å². The molecular weight excluding hydrogens is 430 g/mol. The number of carbonyl (C=O) groups excluding carboxylic acids is 2. The van der Waals surface area contributed by atoms with E-state index < -0.39 is 0 Å². The van der Waals surface area contributed by atoms with Crippen LogP contribution in [0.15, 0.2) is 30.3 Å². The minimum Gasteiger partial charge on any atom is -0.507 e. The first kappa shape index (κ1) is 22.4. The maximum absolute atomic E-state index is 13.4. The number of phenolic OH excluding ortho intramolecular Hbond substituents is 1. The van der Waals surface area contributed by atoms with Crippen molar-refractivity contribution in [2.45, 2.75) is 33.4 Å². The van der Waals surface area contributed by atoms with Gasteiger partial charge < -0.3 is 19.8 Å². The van der Waals surface area contributed by atoms with Crippen molar-refractivity contribution in [2.24, 2.45) is 5.92 Å². The van der Waals surface area contributed by atoms with Crippen LogP contribution in [0.1, 0.15) is 52.2 Å². The Bertz CT molecular complexity index is 1260. The van der Waals surface area contributed by atoms with Gasteiger partial charge in [0.05, 0.1) is 11.1 Å². The van der Waals surface area contributed by atoms with Gasteiger partial charge in [0, 0.05) is 62.8 Å². The molecule has 1 saturated heterocycles. The SMILES string of the molecule is CC(C)CC(=O)c1n[nH]c2cc(O)c(C(=O)N3Cc4ccc(N5CCN(C)CC5)cc4C3)cc12. The summed E-state index contributed by atoms with van der Waals surface area (Å²) in [6, 6.07) is 9.52. The van der Waals surface area contributed by atoms with Gasteiger partial charge >= 0.3 is 0 Å². The molecule has 1 aromatic heterocycles. The lowest BCUT2D eigenvalue weighted by Crippen LogP contribution is -2.44. The van der Waals surface area contributed by atoms with Crippen LogP contribution in [0.3, 0.4) is 0 Å². The number of rotatable bonds is 5. The summed E-state index contributed by atoms with van der Waals surface area (Å²) in [5.74, 6) is -0.232. The smallest absolute Gasteiger partial charge is 0.258 e. The fraction of sp³-hybridized carbons (Fsp3) is 0.423. The van der Waals surface area contributed by atoms with Gasteiger partial charge in [-0.3, -0.25) is 14.7 Å². The van der Waals surface area contributed by atoms with Crippen molar-refractivity contribution in [3.8, 4) is 5.75 Å². The molecule has 0 unspecified atom stereocenters. The Morgan fingerprint density at radius 2 is 1.79 bits per heavy atom. The Kier molecular flexibility index (Phi) is 5.77. The van der Waals surface area contributed by atoms with Crippen LogP contribution in [0.25, 0.3) is 10.9 Å². The Morgan fingerprint density at radius 3 is 2.53 bits per heavy atom. The van der Waals surface area contributed by atoms with Crippen molar-refractivity contribution < 1.29 is 14.7 Å². The van der Waals surface area contributed by atoms with Crippen LogP contribution in [0, 0.1) is 5.92 Å². The maximum atomic E-state index is 13.4. The zero-order valence-corrected chi connectivity index (χ0v) is 20.0. The van der Waals surface area contributed by atoms with Crippen LogP contribution in [0.5, 0.6) is 5.75 Å². The Hall–Kier alpha value is -3.39. The standard InChI is InChI=1S/C26H31N5O3/c1-16(2)10-24(33)25-20-12-21(23(32)13-22(20)27-28-25)26(34)31-14-17-4-5-19(11-18(17)15-31)30-8-6-29(3)7-9-30/h4-5,11-13,16,32H,6-10,14-15H2,1-3H3,(H,27,28). The molecule has 0 spiro atoms. The normalized spacial score (nSPS) is 16.5. The quantitative estimate of drug-likeness (QED) is 0.566. The van der Waals surface area contributed by atoms with Gasteiger partial charge in [0.1, 0.15) is 11.4 Å². The van der Waals surface area contributed by atoms with Gasteiger partial charge in [-0.25, -0.2) is 0 Å². The van der Waals surface area contributed by atoms with Crippen molar-refractivity contribution in [3.05, 3.63) is 52.7 Å². The summed E-state index contributed by atoms with van der Waals surface area (Å²) in [4.78, 5) is 32.5. The Morgan fingerprint density at radius 1 is 1.06 bits per heavy atom. The molecule has 2 N–H and O–H groups in total. The number of Topliss-reactive ketones (excluding diaryl/α,β-unsaturated/α-hetero) is 1. The molecule has 8 nitrogen and oxygen atoms in total. The summed E-state index contributed by atoms with van der Waals surface area (Å²) in [5, 5.41) is 18.1. The van der Waals surface area contributed by atoms with Gasteiger partial charge in [-0.2, -0.15) is 5.10 Å². The number of piperazine rings is 1. The fourth-order valence-electron chi connectivity index (χ4n) is 4.86. The lowest BCUT2D eigenvalue weighted by molar-refractivity contribution is 0.0748. The van der Waals surface area contributed by atoms with Gasteiger partial charge in [0.15, 0.2) is 5.78 Å². The molecule has 0 aliphatic carbocycles. The van der Waals surface area contributed by atoms with Crippen molar-refractivity contribution in [1.82, 2.24) is 20.0 Å². The number of ketones is 1. The molecule has 34 heavy (non-hydrogen) atoms. The van der Waals surface area contributed by atoms with E-state index in [4.69, 9.17) is 0 Å². The molecule has 2 aliphatic heterocycles. The second-order valence-corrected chi connectivity index (χ2v) is 9.91. The van der Waals surface area contributed by atoms with Gasteiger partial charge in [0.25, 0.3) is 5.91 Å². The number of hydrogen-bond donors (Lipinski definition) is 2. The number of carbonyl (C=O) groups is 2. The number of benzene rings is 2. The monoisotopic (exact) mass is 461 g/mol. The first-order valence-corrected chi connectivity index (χ1v) is 11.9. The third kappa shape index (κ3) is 4.14. The van der Waals surface area contributed by atoms with Crippen molar-refractivity contribution >= 4 is 28.3 Å². The summed E-state index contributed by atoms with van der Waals surface area (Å²) in [7, 11) is 2.14. The number of nitrogens with zero attached hydrogens (tertiary/aromatic N) is 4. The number of phenols is 1. The van der Waals surface area contributed by atoms with E-state index >= 15 is 0 Å². The van der Waals surface area contributed by atoms with E-state index in [1.165, 1.54) is 11.8 Å². The highest BCUT2D eigenvalue weighted by Gasteiger charge is 2.28. The second-order valence-electron chi connectivity index (χ2n) is 9.91. The van der Waals surface area contributed by atoms with Gasteiger partial charge in [0.2, 0.25) is 0 Å². The average Bonchev–Trinajstić information content (AvgIpc) is 3.41. The first-order valence-electron chi connectivity index (χ1n) is 11.9. The van der Waals surface area contributed by atoms with Crippen LogP contribution in [0.4, 0.5) is 5.69 Å². The highest BCUT2D eigenvalue weighted by molar-refractivity contribution is 6.09. The van der Waals surface area contributed by atoms with E-state index in [0.29, 0.717) is 36.1 Å². The zero-order chi connectivity index (χ0) is 24.0. The van der Waals surface area contributed by atoms with Crippen LogP contribution < -0.4 is 4.90 Å². The van der Waals surface area contributed by atoms with E-state index in [-0.39, 0.29) is 28.9 Å². The molecule has 5 rings (SSSR count). The van der Waals surface area contributed by atoms with E-state index in [2.05, 4.69) is 45.2 Å². The number of aromatic nitrogens is 2. The molecule has 3 aromatic rings. The number of likely N-dealkylation sites (N-methyl/N-ethyl adjacent to an activating group) is 1. The molecule has 1 fully saturated rings. The van der Waals surface area contributed by atoms with E-state index in [1.54, 1.807) is 11.0 Å². The average molecular weight is 462 g/mol. The molecule has 1 amide bonds. The summed E-state index contributed by atoms with van der Waals surface area (Å²) in [6.07, 6.45) is 0.376. The first-order chi connectivity index (χ1) is 16.3. The number of anilines is 1. The second kappa shape index (κ2) is 8.76. The minimum absolute atomic E-state index is 0.0737. The van der Waals surface area contributed by atoms with Gasteiger partial charge in [-0.05, 0) is 42.3 Å². The summed E-state index contributed by atoms with van der Waals surface area (Å²) in [5.41, 5.74) is 4.52. The van der Waals surface area contributed by atoms with E-state index in [9.17, 15) is 14.7 Å². The molecular formula is C26H31N5O3. The molecule has 8 heteroatoms. The number of amides is 1. The largest absolute Gasteiger partial charge is 0.507 e. The topological polar surface area (TPSA) is 92.8 Å². The number of fused-ring (bicyclic) bond motifs is 2. The van der Waals surface area contributed by atoms with Crippen LogP contribution >= 0.6 is 0 Å². The van der Waals surface area contributed by atoms with Crippen LogP contribution in [0.2, 0.25) is 0 Å². The third-order valence-corrected chi connectivity index (χ3v) is 6.84. The van der Waals surface area contributed by atoms with Gasteiger partial charge in [-0.1, -0.05) is 19.9 Å². The highest BCUT2D eigenvalue weighted by Crippen LogP contribution is 2.32. The lowest BCUT2D eigenvalue weighted by atomic mass is 10.0. The summed E-state index contributed by atoms with van der Waals surface area (Å²) < 4.78 is 0. The molecule has 178 valence electrons. The third-order valence-electron chi connectivity index (χ3n) is 6.84. The summed E-state index contributed by atoms with van der Waals surface area (Å²) >= 11 is 0. The van der Waals surface area contributed by atoms with Crippen molar-refractivity contribution in [2.75, 3.05) is 38.1 Å². The van der Waals surface area contributed by atoms with E-state index in [0.717, 1.165) is 37.3 Å². The minimum atomic E-state index is -0.250. The van der Waals surface area contributed by atoms with Crippen molar-refractivity contribution in [3.63, 3.8) is 0 Å². The van der Waals surface area contributed by atoms with Crippen LogP contribution in [-0.4, -0.2) is 70.0 Å². The molecule has 0 saturated carbocycles. The summed E-state index contributed by atoms with van der Waals surface area (Å²) in [6.45, 7) is 9.03. The number of H-pyrrole nitrogens is 1. The fourth-order valence-corrected chi connectivity index (χ4v) is 4.86. The van der Waals surface area contributed by atoms with E-state index in [1.807, 2.05) is 13.8 Å². The zero-order valence-electron chi connectivity index (χ0n) is 20.0. The van der Waals surface area contributed by atoms with Crippen LogP contribution in [-0.2, 0) is 13.1 Å². The lowest BCUT2D eigenvalue weighted by Gasteiger charge is -2.34. The number of aromatic amines is 1. The Balaban J connectivity index is 1.38. The molecule has 2 aliphatic rings. The molecule has 2 aromatic carbocycles. The molecule has 0 bridgehead atoms. The number of nitrogens with one attached hydrogen (secondary N) is 1. The highest BCUT2D eigenvalue weighted by atomic mass is 16.3. The predicted octanol–water partition coefficient (Wildman–Crippen LogP) is 3.41. The molecule has 0 atom stereocenters. The predicted molar refractivity (Wildman–Crippen MR) is 131 cm³/mol. The maximum Gasteiger partial charge on any atom is 0.258 e. The number of aromatic hydroxyl groups is 1. The number of hydrogen-bond acceptors (Lipinski definition) is 6. The van der Waals surface area contributed by atoms with Crippen molar-refractivity contribution in [1.29, 1.82) is 0 Å². The molecule has 0 radical (unpaired) electrons.